The summed E-state index contributed by atoms with van der Waals surface area (Å²) in [5, 5.41) is 0. The van der Waals surface area contributed by atoms with Gasteiger partial charge in [0.25, 0.3) is 0 Å². The molecule has 0 aliphatic carbocycles. The second-order valence-electron chi connectivity index (χ2n) is 10.6. The van der Waals surface area contributed by atoms with Gasteiger partial charge in [-0.3, -0.25) is 0 Å². The van der Waals surface area contributed by atoms with Crippen LogP contribution < -0.4 is 4.74 Å². The number of halogens is 3. The minimum Gasteiger partial charge on any atom is -0.449 e. The van der Waals surface area contributed by atoms with Crippen molar-refractivity contribution in [3.8, 4) is 16.9 Å². The van der Waals surface area contributed by atoms with E-state index in [4.69, 9.17) is 4.74 Å². The lowest BCUT2D eigenvalue weighted by Gasteiger charge is -2.20. The summed E-state index contributed by atoms with van der Waals surface area (Å²) in [6, 6.07) is 20.8. The molecule has 42 heavy (non-hydrogen) atoms. The highest BCUT2D eigenvalue weighted by molar-refractivity contribution is 5.92. The van der Waals surface area contributed by atoms with Crippen molar-refractivity contribution in [1.82, 2.24) is 0 Å². The number of carbonyl (C=O) groups is 2. The SMILES string of the molecule is CCCCCCCCCCc1ccc(-c2ccc(C(=O)Oc3ccc(C(=O)OC(CCC)C(F)(F)F)cc3)cc2)cc1. The van der Waals surface area contributed by atoms with Gasteiger partial charge in [0.1, 0.15) is 5.75 Å². The lowest BCUT2D eigenvalue weighted by Crippen LogP contribution is -2.33. The first-order valence-electron chi connectivity index (χ1n) is 15.0. The normalized spacial score (nSPS) is 12.1. The van der Waals surface area contributed by atoms with Crippen molar-refractivity contribution >= 4 is 11.9 Å². The highest BCUT2D eigenvalue weighted by Gasteiger charge is 2.42. The topological polar surface area (TPSA) is 52.6 Å². The van der Waals surface area contributed by atoms with Crippen molar-refractivity contribution < 1.29 is 32.2 Å². The van der Waals surface area contributed by atoms with Gasteiger partial charge in [0.05, 0.1) is 11.1 Å². The number of carbonyl (C=O) groups excluding carboxylic acids is 2. The molecule has 3 aromatic rings. The van der Waals surface area contributed by atoms with Crippen LogP contribution >= 0.6 is 0 Å². The summed E-state index contributed by atoms with van der Waals surface area (Å²) < 4.78 is 49.2. The summed E-state index contributed by atoms with van der Waals surface area (Å²) in [5.41, 5.74) is 3.65. The maximum Gasteiger partial charge on any atom is 0.425 e. The van der Waals surface area contributed by atoms with Gasteiger partial charge >= 0.3 is 18.1 Å². The van der Waals surface area contributed by atoms with E-state index in [9.17, 15) is 22.8 Å². The van der Waals surface area contributed by atoms with Crippen LogP contribution in [0.3, 0.4) is 0 Å². The Morgan fingerprint density at radius 2 is 1.14 bits per heavy atom. The maximum absolute atomic E-state index is 13.1. The van der Waals surface area contributed by atoms with E-state index in [2.05, 4.69) is 35.9 Å². The monoisotopic (exact) mass is 582 g/mol. The summed E-state index contributed by atoms with van der Waals surface area (Å²) >= 11 is 0. The molecule has 0 amide bonds. The molecule has 0 bridgehead atoms. The third-order valence-electron chi connectivity index (χ3n) is 7.19. The van der Waals surface area contributed by atoms with E-state index in [0.717, 1.165) is 17.5 Å². The summed E-state index contributed by atoms with van der Waals surface area (Å²) in [5.74, 6) is -1.51. The van der Waals surface area contributed by atoms with Gasteiger partial charge in [-0.15, -0.1) is 0 Å². The quantitative estimate of drug-likeness (QED) is 0.0958. The standard InChI is InChI=1S/C35H41F3O4/c1-3-5-6-7-8-9-10-11-13-26-14-16-27(17-15-26)28-18-20-29(21-19-28)33(39)41-31-24-22-30(23-25-31)34(40)42-32(12-4-2)35(36,37)38/h14-25,32H,3-13H2,1-2H3. The van der Waals surface area contributed by atoms with Crippen molar-refractivity contribution in [3.63, 3.8) is 0 Å². The molecule has 4 nitrogen and oxygen atoms in total. The number of esters is 2. The molecule has 0 radical (unpaired) electrons. The smallest absolute Gasteiger partial charge is 0.425 e. The zero-order valence-corrected chi connectivity index (χ0v) is 24.6. The minimum absolute atomic E-state index is 0.0617. The Hall–Kier alpha value is -3.61. The van der Waals surface area contributed by atoms with E-state index in [1.807, 2.05) is 12.1 Å². The number of benzene rings is 3. The maximum atomic E-state index is 13.1. The van der Waals surface area contributed by atoms with Crippen LogP contribution in [0.4, 0.5) is 13.2 Å². The zero-order valence-electron chi connectivity index (χ0n) is 24.6. The van der Waals surface area contributed by atoms with Crippen LogP contribution in [-0.4, -0.2) is 24.2 Å². The van der Waals surface area contributed by atoms with Gasteiger partial charge in [-0.05, 0) is 72.4 Å². The molecule has 1 unspecified atom stereocenters. The molecule has 0 saturated carbocycles. The molecule has 0 N–H and O–H groups in total. The molecule has 0 spiro atoms. The van der Waals surface area contributed by atoms with Crippen molar-refractivity contribution in [2.75, 3.05) is 0 Å². The van der Waals surface area contributed by atoms with Crippen LogP contribution in [0.5, 0.6) is 5.75 Å². The van der Waals surface area contributed by atoms with Crippen LogP contribution in [0.1, 0.15) is 104 Å². The number of hydrogen-bond donors (Lipinski definition) is 0. The van der Waals surface area contributed by atoms with Gasteiger partial charge in [0.2, 0.25) is 0 Å². The number of aryl methyl sites for hydroxylation is 1. The summed E-state index contributed by atoms with van der Waals surface area (Å²) in [7, 11) is 0. The molecule has 0 aliphatic heterocycles. The van der Waals surface area contributed by atoms with Gasteiger partial charge in [-0.2, -0.15) is 13.2 Å². The van der Waals surface area contributed by atoms with Crippen molar-refractivity contribution in [2.24, 2.45) is 0 Å². The van der Waals surface area contributed by atoms with Crippen LogP contribution in [0, 0.1) is 0 Å². The summed E-state index contributed by atoms with van der Waals surface area (Å²) in [6.45, 7) is 3.82. The first-order valence-corrected chi connectivity index (χ1v) is 15.0. The Labute approximate surface area is 247 Å². The molecular weight excluding hydrogens is 541 g/mol. The van der Waals surface area contributed by atoms with Gasteiger partial charge in [0.15, 0.2) is 6.10 Å². The van der Waals surface area contributed by atoms with E-state index in [0.29, 0.717) is 5.56 Å². The molecule has 7 heteroatoms. The molecular formula is C35H41F3O4. The van der Waals surface area contributed by atoms with E-state index >= 15 is 0 Å². The lowest BCUT2D eigenvalue weighted by atomic mass is 10.00. The number of rotatable bonds is 16. The molecule has 0 fully saturated rings. The Morgan fingerprint density at radius 3 is 1.69 bits per heavy atom. The number of alkyl halides is 3. The van der Waals surface area contributed by atoms with Crippen molar-refractivity contribution in [3.05, 3.63) is 89.5 Å². The Morgan fingerprint density at radius 1 is 0.643 bits per heavy atom. The molecule has 0 saturated heterocycles. The molecule has 0 aliphatic rings. The summed E-state index contributed by atoms with van der Waals surface area (Å²) in [6.07, 6.45) is 4.63. The Bertz CT molecular complexity index is 1230. The molecule has 3 aromatic carbocycles. The zero-order chi connectivity index (χ0) is 30.4. The van der Waals surface area contributed by atoms with Crippen LogP contribution in [0.25, 0.3) is 11.1 Å². The van der Waals surface area contributed by atoms with Crippen molar-refractivity contribution in [2.45, 2.75) is 96.8 Å². The minimum atomic E-state index is -4.63. The fraction of sp³-hybridized carbons (Fsp3) is 0.429. The molecule has 226 valence electrons. The predicted molar refractivity (Wildman–Crippen MR) is 160 cm³/mol. The van der Waals surface area contributed by atoms with E-state index in [1.165, 1.54) is 81.2 Å². The molecule has 3 rings (SSSR count). The highest BCUT2D eigenvalue weighted by atomic mass is 19.4. The average molecular weight is 583 g/mol. The largest absolute Gasteiger partial charge is 0.449 e. The van der Waals surface area contributed by atoms with Gasteiger partial charge in [-0.25, -0.2) is 9.59 Å². The van der Waals surface area contributed by atoms with Crippen LogP contribution in [-0.2, 0) is 11.2 Å². The first kappa shape index (κ1) is 32.9. The predicted octanol–water partition coefficient (Wildman–Crippen LogP) is 10.1. The van der Waals surface area contributed by atoms with E-state index < -0.39 is 24.2 Å². The first-order chi connectivity index (χ1) is 20.2. The number of hydrogen-bond acceptors (Lipinski definition) is 4. The Balaban J connectivity index is 1.48. The van der Waals surface area contributed by atoms with E-state index in [-0.39, 0.29) is 24.2 Å². The molecule has 0 aromatic heterocycles. The van der Waals surface area contributed by atoms with Crippen molar-refractivity contribution in [1.29, 1.82) is 0 Å². The lowest BCUT2D eigenvalue weighted by molar-refractivity contribution is -0.206. The van der Waals surface area contributed by atoms with Crippen LogP contribution in [0.2, 0.25) is 0 Å². The van der Waals surface area contributed by atoms with Gasteiger partial charge in [0, 0.05) is 0 Å². The Kier molecular flexibility index (Phi) is 13.1. The second-order valence-corrected chi connectivity index (χ2v) is 10.6. The van der Waals surface area contributed by atoms with Gasteiger partial charge in [-0.1, -0.05) is 102 Å². The fourth-order valence-corrected chi connectivity index (χ4v) is 4.70. The third-order valence-corrected chi connectivity index (χ3v) is 7.19. The molecule has 1 atom stereocenters. The number of unbranched alkanes of at least 4 members (excludes halogenated alkanes) is 7. The van der Waals surface area contributed by atoms with Crippen LogP contribution in [0.15, 0.2) is 72.8 Å². The third kappa shape index (κ3) is 10.7. The fourth-order valence-electron chi connectivity index (χ4n) is 4.70. The second kappa shape index (κ2) is 16.7. The van der Waals surface area contributed by atoms with Gasteiger partial charge < -0.3 is 9.47 Å². The van der Waals surface area contributed by atoms with E-state index in [1.54, 1.807) is 19.1 Å². The average Bonchev–Trinajstić information content (AvgIpc) is 2.98. The highest BCUT2D eigenvalue weighted by Crippen LogP contribution is 2.28. The summed E-state index contributed by atoms with van der Waals surface area (Å²) in [4.78, 5) is 24.8. The number of ether oxygens (including phenoxy) is 2. The molecule has 0 heterocycles.